The summed E-state index contributed by atoms with van der Waals surface area (Å²) in [7, 11) is -7.02. The van der Waals surface area contributed by atoms with Gasteiger partial charge in [0.05, 0.1) is 7.11 Å². The van der Waals surface area contributed by atoms with Crippen molar-refractivity contribution < 1.29 is 107 Å². The lowest BCUT2D eigenvalue weighted by Crippen LogP contribution is -2.54. The number of halogens is 12. The first-order valence-electron chi connectivity index (χ1n) is 23.7. The number of alkyl halides is 12. The molecule has 8 rings (SSSR count). The van der Waals surface area contributed by atoms with E-state index in [-0.39, 0.29) is 51.0 Å². The Bertz CT molecular complexity index is 3860. The van der Waals surface area contributed by atoms with Gasteiger partial charge < -0.3 is 18.9 Å². The van der Waals surface area contributed by atoms with Crippen molar-refractivity contribution in [2.75, 3.05) is 7.11 Å². The van der Waals surface area contributed by atoms with E-state index >= 15 is 26.3 Å². The van der Waals surface area contributed by atoms with Crippen LogP contribution >= 0.6 is 0 Å². The Hall–Kier alpha value is -9.01. The number of carbonyl (C=O) groups is 2. The maximum atomic E-state index is 15.1. The van der Waals surface area contributed by atoms with E-state index in [2.05, 4.69) is 0 Å². The number of carbonyl (C=O) groups excluding carboxylic acids is 2. The maximum Gasteiger partial charge on any atom is 0.425 e. The third kappa shape index (κ3) is 13.1. The summed E-state index contributed by atoms with van der Waals surface area (Å²) in [5.74, 6) is -2.47. The fourth-order valence-corrected chi connectivity index (χ4v) is 9.49. The van der Waals surface area contributed by atoms with Crippen LogP contribution in [0.2, 0.25) is 0 Å². The molecule has 0 aliphatic heterocycles. The van der Waals surface area contributed by atoms with Gasteiger partial charge in [-0.05, 0) is 144 Å². The van der Waals surface area contributed by atoms with E-state index in [0.29, 0.717) is 48.5 Å². The predicted octanol–water partition coefficient (Wildman–Crippen LogP) is 14.9. The van der Waals surface area contributed by atoms with Crippen LogP contribution in [0, 0.1) is 6.92 Å². The molecule has 0 radical (unpaired) electrons. The molecule has 0 fully saturated rings. The molecule has 0 spiro atoms. The SMILES string of the molecule is COc1ccc(C(c2ccc(Oc3ccc(C(=O)c4ccc(Oc5ccc(C(c6ccc(Oc7ccc(C(=O)c8ccc(C)cc8)cc7S(=O)(=O)O)cc6)(C(F)(F)F)C(F)(F)F)cc5)cc4)cc3)cc2)(C(F)(F)F)C(F)(F)F)cc1.O=S(=O)=O. The first-order chi connectivity index (χ1) is 39.2. The smallest absolute Gasteiger partial charge is 0.425 e. The van der Waals surface area contributed by atoms with Crippen molar-refractivity contribution in [3.8, 4) is 40.2 Å². The van der Waals surface area contributed by atoms with Crippen molar-refractivity contribution in [3.05, 3.63) is 238 Å². The van der Waals surface area contributed by atoms with Gasteiger partial charge in [0.2, 0.25) is 10.8 Å². The number of ketones is 2. The minimum atomic E-state index is -6.02. The number of rotatable bonds is 16. The highest BCUT2D eigenvalue weighted by Gasteiger charge is 2.73. The van der Waals surface area contributed by atoms with Crippen LogP contribution in [-0.2, 0) is 31.6 Å². The topological polar surface area (TPSA) is 177 Å². The van der Waals surface area contributed by atoms with E-state index in [4.69, 9.17) is 31.6 Å². The first-order valence-corrected chi connectivity index (χ1v) is 26.2. The second-order valence-corrected chi connectivity index (χ2v) is 19.8. The zero-order valence-electron chi connectivity index (χ0n) is 42.7. The predicted molar refractivity (Wildman–Crippen MR) is 275 cm³/mol. The van der Waals surface area contributed by atoms with E-state index in [1.807, 2.05) is 0 Å². The molecule has 438 valence electrons. The van der Waals surface area contributed by atoms with Crippen LogP contribution < -0.4 is 18.9 Å². The Morgan fingerprint density at radius 3 is 0.929 bits per heavy atom. The van der Waals surface area contributed by atoms with E-state index in [1.54, 1.807) is 19.1 Å². The normalized spacial score (nSPS) is 12.3. The van der Waals surface area contributed by atoms with Gasteiger partial charge in [0.25, 0.3) is 10.1 Å². The van der Waals surface area contributed by atoms with Crippen molar-refractivity contribution >= 4 is 32.3 Å². The summed E-state index contributed by atoms with van der Waals surface area (Å²) < 4.78 is 260. The number of aryl methyl sites for hydroxylation is 1. The van der Waals surface area contributed by atoms with Crippen LogP contribution in [0.5, 0.6) is 40.2 Å². The third-order valence-electron chi connectivity index (χ3n) is 12.8. The summed E-state index contributed by atoms with van der Waals surface area (Å²) in [5.41, 5.74) is -12.9. The van der Waals surface area contributed by atoms with Crippen molar-refractivity contribution in [2.45, 2.75) is 47.4 Å². The molecule has 0 atom stereocenters. The Labute approximate surface area is 470 Å². The van der Waals surface area contributed by atoms with Gasteiger partial charge in [0.1, 0.15) is 45.1 Å². The molecule has 0 bridgehead atoms. The molecule has 12 nitrogen and oxygen atoms in total. The quantitative estimate of drug-likeness (QED) is 0.0551. The number of methoxy groups -OCH3 is 1. The number of ether oxygens (including phenoxy) is 4. The summed E-state index contributed by atoms with van der Waals surface area (Å²) in [6.45, 7) is 1.77. The summed E-state index contributed by atoms with van der Waals surface area (Å²) in [6, 6.07) is 31.4. The highest BCUT2D eigenvalue weighted by atomic mass is 32.2. The molecular formula is C58H38F12O12S2. The van der Waals surface area contributed by atoms with Crippen molar-refractivity contribution in [1.82, 2.24) is 0 Å². The Morgan fingerprint density at radius 2 is 0.643 bits per heavy atom. The van der Waals surface area contributed by atoms with Crippen LogP contribution in [0.15, 0.2) is 193 Å². The van der Waals surface area contributed by atoms with Crippen LogP contribution in [0.25, 0.3) is 0 Å². The van der Waals surface area contributed by atoms with Crippen LogP contribution in [-0.4, -0.2) is 69.0 Å². The average molecular weight is 1220 g/mol. The molecule has 0 heterocycles. The molecule has 0 aliphatic carbocycles. The van der Waals surface area contributed by atoms with Crippen LogP contribution in [0.3, 0.4) is 0 Å². The molecule has 0 saturated carbocycles. The monoisotopic (exact) mass is 1220 g/mol. The second-order valence-electron chi connectivity index (χ2n) is 18.0. The Balaban J connectivity index is 0.00000245. The Kier molecular flexibility index (Phi) is 17.9. The highest BCUT2D eigenvalue weighted by Crippen LogP contribution is 2.58. The van der Waals surface area contributed by atoms with Crippen molar-refractivity contribution in [2.24, 2.45) is 0 Å². The van der Waals surface area contributed by atoms with Gasteiger partial charge in [0.15, 0.2) is 11.6 Å². The average Bonchev–Trinajstić information content (AvgIpc) is 0.830. The zero-order chi connectivity index (χ0) is 61.8. The minimum Gasteiger partial charge on any atom is -0.497 e. The second kappa shape index (κ2) is 24.1. The van der Waals surface area contributed by atoms with Crippen molar-refractivity contribution in [3.63, 3.8) is 0 Å². The molecule has 26 heteroatoms. The maximum absolute atomic E-state index is 15.1. The number of benzene rings is 8. The third-order valence-corrected chi connectivity index (χ3v) is 13.7. The van der Waals surface area contributed by atoms with E-state index in [0.717, 1.165) is 72.3 Å². The fourth-order valence-electron chi connectivity index (χ4n) is 8.85. The molecule has 8 aromatic carbocycles. The first kappa shape index (κ1) is 62.6. The molecule has 0 saturated heterocycles. The molecule has 84 heavy (non-hydrogen) atoms. The van der Waals surface area contributed by atoms with Gasteiger partial charge >= 0.3 is 35.3 Å². The number of hydrogen-bond acceptors (Lipinski definition) is 11. The molecule has 8 aromatic rings. The zero-order valence-corrected chi connectivity index (χ0v) is 44.3. The van der Waals surface area contributed by atoms with Crippen LogP contribution in [0.4, 0.5) is 52.7 Å². The van der Waals surface area contributed by atoms with Gasteiger partial charge in [-0.25, -0.2) is 0 Å². The lowest BCUT2D eigenvalue weighted by molar-refractivity contribution is -0.290. The van der Waals surface area contributed by atoms with E-state index in [9.17, 15) is 48.9 Å². The van der Waals surface area contributed by atoms with Gasteiger partial charge in [0, 0.05) is 22.3 Å². The van der Waals surface area contributed by atoms with Gasteiger partial charge in [-0.1, -0.05) is 78.4 Å². The molecule has 0 aliphatic rings. The minimum absolute atomic E-state index is 0.00827. The van der Waals surface area contributed by atoms with Crippen LogP contribution in [0.1, 0.15) is 59.7 Å². The Morgan fingerprint density at radius 1 is 0.393 bits per heavy atom. The summed E-state index contributed by atoms with van der Waals surface area (Å²) in [6.07, 6.45) is -23.7. The molecule has 0 unspecified atom stereocenters. The lowest BCUT2D eigenvalue weighted by Gasteiger charge is -2.38. The summed E-state index contributed by atoms with van der Waals surface area (Å²) in [5, 5.41) is 0. The standard InChI is InChI=1S/C58H38F12O9S.O3S/c1-34-3-5-35(6-4-34)52(72)38-11-32-49(50(33-38)80(73,74)75)79-48-30-18-42(19-31-48)54(57(65,66)67,58(68,69)70)41-16-28-47(29-17-41)78-45-22-9-37(10-23-45)51(71)36-7-20-44(21-8-36)77-46-26-14-40(15-27-46)53(55(59,60)61,56(62,63)64)39-12-24-43(76-2)25-13-39;1-4(2)3/h3-33H,1-2H3,(H,73,74,75);. The van der Waals surface area contributed by atoms with E-state index in [1.165, 1.54) is 67.8 Å². The molecular weight excluding hydrogens is 1180 g/mol. The molecule has 1 N–H and O–H groups in total. The fraction of sp³-hybridized carbons (Fsp3) is 0.138. The van der Waals surface area contributed by atoms with Gasteiger partial charge in [-0.15, -0.1) is 12.6 Å². The largest absolute Gasteiger partial charge is 0.497 e. The van der Waals surface area contributed by atoms with Crippen molar-refractivity contribution in [1.29, 1.82) is 0 Å². The summed E-state index contributed by atoms with van der Waals surface area (Å²) in [4.78, 5) is 25.5. The highest BCUT2D eigenvalue weighted by molar-refractivity contribution is 7.86. The lowest BCUT2D eigenvalue weighted by atomic mass is 9.73. The van der Waals surface area contributed by atoms with E-state index < -0.39 is 106 Å². The molecule has 0 aromatic heterocycles. The molecule has 0 amide bonds. The van der Waals surface area contributed by atoms with Gasteiger partial charge in [-0.2, -0.15) is 61.1 Å². The summed E-state index contributed by atoms with van der Waals surface area (Å²) >= 11 is 0. The van der Waals surface area contributed by atoms with Gasteiger partial charge in [-0.3, -0.25) is 14.1 Å². The number of hydrogen-bond donors (Lipinski definition) is 1.